The van der Waals surface area contributed by atoms with E-state index in [-0.39, 0.29) is 5.91 Å². The average Bonchev–Trinajstić information content (AvgIpc) is 3.20. The number of benzene rings is 1. The van der Waals surface area contributed by atoms with E-state index in [0.29, 0.717) is 18.9 Å². The fraction of sp³-hybridized carbons (Fsp3) is 0.444. The van der Waals surface area contributed by atoms with Crippen LogP contribution in [0.4, 0.5) is 0 Å². The van der Waals surface area contributed by atoms with Crippen molar-refractivity contribution in [2.75, 3.05) is 6.54 Å². The first-order valence-corrected chi connectivity index (χ1v) is 8.18. The SMILES string of the molecule is O=C(CC1CCCC1)NCCc1ccn(-c2ccccc2)n1. The average molecular weight is 297 g/mol. The minimum Gasteiger partial charge on any atom is -0.356 e. The van der Waals surface area contributed by atoms with Gasteiger partial charge in [-0.1, -0.05) is 31.0 Å². The highest BCUT2D eigenvalue weighted by Crippen LogP contribution is 2.27. The lowest BCUT2D eigenvalue weighted by Gasteiger charge is -2.08. The Kier molecular flexibility index (Phi) is 4.88. The highest BCUT2D eigenvalue weighted by Gasteiger charge is 2.18. The van der Waals surface area contributed by atoms with Crippen molar-refractivity contribution in [2.24, 2.45) is 5.92 Å². The van der Waals surface area contributed by atoms with Crippen LogP contribution in [0.1, 0.15) is 37.8 Å². The molecule has 1 amide bonds. The van der Waals surface area contributed by atoms with E-state index in [1.54, 1.807) is 0 Å². The smallest absolute Gasteiger partial charge is 0.220 e. The minimum atomic E-state index is 0.189. The molecule has 1 saturated carbocycles. The van der Waals surface area contributed by atoms with Gasteiger partial charge in [0, 0.05) is 25.6 Å². The number of para-hydroxylation sites is 1. The number of nitrogens with zero attached hydrogens (tertiary/aromatic N) is 2. The molecule has 1 fully saturated rings. The third-order valence-corrected chi connectivity index (χ3v) is 4.32. The van der Waals surface area contributed by atoms with Gasteiger partial charge in [-0.15, -0.1) is 0 Å². The molecule has 116 valence electrons. The van der Waals surface area contributed by atoms with Crippen LogP contribution in [-0.4, -0.2) is 22.2 Å². The number of hydrogen-bond donors (Lipinski definition) is 1. The van der Waals surface area contributed by atoms with Crippen molar-refractivity contribution in [1.82, 2.24) is 15.1 Å². The molecule has 1 aromatic carbocycles. The van der Waals surface area contributed by atoms with Gasteiger partial charge in [-0.2, -0.15) is 5.10 Å². The largest absolute Gasteiger partial charge is 0.356 e. The summed E-state index contributed by atoms with van der Waals surface area (Å²) >= 11 is 0. The Balaban J connectivity index is 1.44. The molecule has 0 radical (unpaired) electrons. The molecule has 4 nitrogen and oxygen atoms in total. The summed E-state index contributed by atoms with van der Waals surface area (Å²) in [5.41, 5.74) is 2.06. The minimum absolute atomic E-state index is 0.189. The molecule has 4 heteroatoms. The second kappa shape index (κ2) is 7.25. The van der Waals surface area contributed by atoms with Crippen LogP contribution in [-0.2, 0) is 11.2 Å². The van der Waals surface area contributed by atoms with Gasteiger partial charge < -0.3 is 5.32 Å². The first-order valence-electron chi connectivity index (χ1n) is 8.18. The highest BCUT2D eigenvalue weighted by atomic mass is 16.1. The van der Waals surface area contributed by atoms with Gasteiger partial charge in [-0.3, -0.25) is 4.79 Å². The quantitative estimate of drug-likeness (QED) is 0.890. The zero-order chi connectivity index (χ0) is 15.2. The van der Waals surface area contributed by atoms with Gasteiger partial charge in [-0.05, 0) is 37.0 Å². The number of nitrogens with one attached hydrogen (secondary N) is 1. The summed E-state index contributed by atoms with van der Waals surface area (Å²) in [4.78, 5) is 11.9. The topological polar surface area (TPSA) is 46.9 Å². The number of rotatable bonds is 6. The van der Waals surface area contributed by atoms with Crippen LogP contribution < -0.4 is 5.32 Å². The van der Waals surface area contributed by atoms with Crippen molar-refractivity contribution >= 4 is 5.91 Å². The predicted molar refractivity (Wildman–Crippen MR) is 86.9 cm³/mol. The van der Waals surface area contributed by atoms with Crippen molar-refractivity contribution in [3.63, 3.8) is 0 Å². The van der Waals surface area contributed by atoms with Gasteiger partial charge in [0.2, 0.25) is 5.91 Å². The fourth-order valence-electron chi connectivity index (χ4n) is 3.10. The van der Waals surface area contributed by atoms with Crippen LogP contribution in [0.25, 0.3) is 5.69 Å². The van der Waals surface area contributed by atoms with E-state index in [4.69, 9.17) is 0 Å². The maximum absolute atomic E-state index is 11.9. The zero-order valence-corrected chi connectivity index (χ0v) is 12.9. The first-order chi connectivity index (χ1) is 10.8. The summed E-state index contributed by atoms with van der Waals surface area (Å²) < 4.78 is 1.87. The molecule has 3 rings (SSSR count). The van der Waals surface area contributed by atoms with Gasteiger partial charge in [0.15, 0.2) is 0 Å². The lowest BCUT2D eigenvalue weighted by atomic mass is 10.0. The third-order valence-electron chi connectivity index (χ3n) is 4.32. The fourth-order valence-corrected chi connectivity index (χ4v) is 3.10. The molecule has 0 aliphatic heterocycles. The Labute approximate surface area is 131 Å². The normalized spacial score (nSPS) is 15.1. The summed E-state index contributed by atoms with van der Waals surface area (Å²) in [5, 5.41) is 7.56. The molecular formula is C18H23N3O. The van der Waals surface area contributed by atoms with E-state index in [0.717, 1.165) is 17.8 Å². The van der Waals surface area contributed by atoms with Crippen LogP contribution in [0.15, 0.2) is 42.6 Å². The molecule has 2 aromatic rings. The molecule has 22 heavy (non-hydrogen) atoms. The molecule has 0 atom stereocenters. The first kappa shape index (κ1) is 14.8. The van der Waals surface area contributed by atoms with Gasteiger partial charge in [0.25, 0.3) is 0 Å². The second-order valence-electron chi connectivity index (χ2n) is 6.04. The number of hydrogen-bond acceptors (Lipinski definition) is 2. The number of carbonyl (C=O) groups excluding carboxylic acids is 1. The van der Waals surface area contributed by atoms with Crippen molar-refractivity contribution in [3.8, 4) is 5.69 Å². The van der Waals surface area contributed by atoms with E-state index < -0.39 is 0 Å². The van der Waals surface area contributed by atoms with Crippen LogP contribution in [0.2, 0.25) is 0 Å². The zero-order valence-electron chi connectivity index (χ0n) is 12.9. The Morgan fingerprint density at radius 1 is 1.18 bits per heavy atom. The maximum atomic E-state index is 11.9. The molecule has 1 aliphatic rings. The number of carbonyl (C=O) groups is 1. The Bertz CT molecular complexity index is 600. The van der Waals surface area contributed by atoms with Crippen LogP contribution in [0.3, 0.4) is 0 Å². The molecule has 1 aliphatic carbocycles. The predicted octanol–water partition coefficient (Wildman–Crippen LogP) is 3.11. The lowest BCUT2D eigenvalue weighted by molar-refractivity contribution is -0.121. The van der Waals surface area contributed by atoms with Crippen molar-refractivity contribution in [2.45, 2.75) is 38.5 Å². The molecule has 0 saturated heterocycles. The van der Waals surface area contributed by atoms with E-state index in [1.165, 1.54) is 25.7 Å². The Morgan fingerprint density at radius 2 is 1.95 bits per heavy atom. The summed E-state index contributed by atoms with van der Waals surface area (Å²) in [6, 6.07) is 12.1. The monoisotopic (exact) mass is 297 g/mol. The lowest BCUT2D eigenvalue weighted by Crippen LogP contribution is -2.27. The number of aromatic nitrogens is 2. The van der Waals surface area contributed by atoms with Crippen LogP contribution in [0.5, 0.6) is 0 Å². The highest BCUT2D eigenvalue weighted by molar-refractivity contribution is 5.76. The summed E-state index contributed by atoms with van der Waals surface area (Å²) in [6.45, 7) is 0.664. The Hall–Kier alpha value is -2.10. The van der Waals surface area contributed by atoms with Gasteiger partial charge in [0.05, 0.1) is 11.4 Å². The number of amides is 1. The van der Waals surface area contributed by atoms with Crippen molar-refractivity contribution in [1.29, 1.82) is 0 Å². The van der Waals surface area contributed by atoms with Gasteiger partial charge >= 0.3 is 0 Å². The van der Waals surface area contributed by atoms with Crippen molar-refractivity contribution < 1.29 is 4.79 Å². The van der Waals surface area contributed by atoms with E-state index in [9.17, 15) is 4.79 Å². The van der Waals surface area contributed by atoms with Gasteiger partial charge in [0.1, 0.15) is 0 Å². The Morgan fingerprint density at radius 3 is 2.73 bits per heavy atom. The summed E-state index contributed by atoms with van der Waals surface area (Å²) in [6.07, 6.45) is 8.44. The molecule has 0 unspecified atom stereocenters. The summed E-state index contributed by atoms with van der Waals surface area (Å²) in [5.74, 6) is 0.798. The van der Waals surface area contributed by atoms with E-state index in [1.807, 2.05) is 47.3 Å². The van der Waals surface area contributed by atoms with Crippen LogP contribution >= 0.6 is 0 Å². The third kappa shape index (κ3) is 3.97. The summed E-state index contributed by atoms with van der Waals surface area (Å²) in [7, 11) is 0. The molecule has 1 heterocycles. The van der Waals surface area contributed by atoms with Crippen molar-refractivity contribution in [3.05, 3.63) is 48.3 Å². The maximum Gasteiger partial charge on any atom is 0.220 e. The molecule has 0 spiro atoms. The molecule has 1 aromatic heterocycles. The molecular weight excluding hydrogens is 274 g/mol. The second-order valence-corrected chi connectivity index (χ2v) is 6.04. The standard InChI is InChI=1S/C18H23N3O/c22-18(14-15-6-4-5-7-15)19-12-10-16-11-13-21(20-16)17-8-2-1-3-9-17/h1-3,8-9,11,13,15H,4-7,10,12,14H2,(H,19,22). The molecule has 1 N–H and O–H groups in total. The van der Waals surface area contributed by atoms with E-state index >= 15 is 0 Å². The van der Waals surface area contributed by atoms with E-state index in [2.05, 4.69) is 10.4 Å². The molecule has 0 bridgehead atoms. The van der Waals surface area contributed by atoms with Gasteiger partial charge in [-0.25, -0.2) is 4.68 Å². The van der Waals surface area contributed by atoms with Crippen LogP contribution in [0, 0.1) is 5.92 Å².